The molecule has 1 aliphatic rings. The number of carboxylic acid groups (broad SMARTS) is 1. The summed E-state index contributed by atoms with van der Waals surface area (Å²) in [6, 6.07) is 5.45. The molecule has 1 amide bonds. The van der Waals surface area contributed by atoms with Crippen LogP contribution in [-0.2, 0) is 9.59 Å². The molecule has 2 N–H and O–H groups in total. The fraction of sp³-hybridized carbons (Fsp3) is 0.529. The van der Waals surface area contributed by atoms with Gasteiger partial charge in [0.25, 0.3) is 0 Å². The van der Waals surface area contributed by atoms with E-state index in [4.69, 9.17) is 21.4 Å². The molecule has 1 aromatic rings. The van der Waals surface area contributed by atoms with E-state index >= 15 is 0 Å². The van der Waals surface area contributed by atoms with E-state index in [9.17, 15) is 9.59 Å². The van der Waals surface area contributed by atoms with Crippen LogP contribution in [0.15, 0.2) is 18.2 Å². The summed E-state index contributed by atoms with van der Waals surface area (Å²) in [5.74, 6) is -0.394. The molecule has 0 saturated heterocycles. The maximum Gasteiger partial charge on any atom is 0.306 e. The molecule has 1 aromatic carbocycles. The molecule has 0 aromatic heterocycles. The van der Waals surface area contributed by atoms with E-state index in [0.717, 1.165) is 17.7 Å². The molecule has 2 atom stereocenters. The summed E-state index contributed by atoms with van der Waals surface area (Å²) in [7, 11) is 0. The zero-order chi connectivity index (χ0) is 16.8. The zero-order valence-electron chi connectivity index (χ0n) is 13.2. The Morgan fingerprint density at radius 2 is 2.17 bits per heavy atom. The Balaban J connectivity index is 1.63. The lowest BCUT2D eigenvalue weighted by atomic mass is 10.1. The average Bonchev–Trinajstić information content (AvgIpc) is 2.96. The molecular weight excluding hydrogens is 318 g/mol. The van der Waals surface area contributed by atoms with Crippen molar-refractivity contribution in [3.8, 4) is 5.75 Å². The maximum absolute atomic E-state index is 11.9. The summed E-state index contributed by atoms with van der Waals surface area (Å²) in [6.07, 6.45) is 2.90. The number of aliphatic carboxylic acids is 1. The highest BCUT2D eigenvalue weighted by Crippen LogP contribution is 2.25. The Morgan fingerprint density at radius 3 is 2.83 bits per heavy atom. The van der Waals surface area contributed by atoms with Crippen LogP contribution in [0.2, 0.25) is 5.02 Å². The lowest BCUT2D eigenvalue weighted by molar-refractivity contribution is -0.141. The van der Waals surface area contributed by atoms with Crippen LogP contribution in [-0.4, -0.2) is 29.6 Å². The Labute approximate surface area is 141 Å². The standard InChI is InChI=1S/C17H22ClNO4/c1-11-9-14(6-7-15(11)18)23-8-2-3-16(20)19-13-5-4-12(10-13)17(21)22/h6-7,9,12-13H,2-5,8,10H2,1H3,(H,19,20)(H,21,22)/t12-,13+/m0/s1. The molecule has 0 aliphatic heterocycles. The number of hydrogen-bond donors (Lipinski definition) is 2. The van der Waals surface area contributed by atoms with Crippen LogP contribution in [0.25, 0.3) is 0 Å². The summed E-state index contributed by atoms with van der Waals surface area (Å²) in [5, 5.41) is 12.6. The van der Waals surface area contributed by atoms with Crippen LogP contribution < -0.4 is 10.1 Å². The molecule has 2 rings (SSSR count). The number of nitrogens with one attached hydrogen (secondary N) is 1. The van der Waals surface area contributed by atoms with Gasteiger partial charge >= 0.3 is 5.97 Å². The molecule has 0 heterocycles. The van der Waals surface area contributed by atoms with Gasteiger partial charge in [-0.2, -0.15) is 0 Å². The van der Waals surface area contributed by atoms with Crippen LogP contribution >= 0.6 is 11.6 Å². The molecular formula is C17H22ClNO4. The second kappa shape index (κ2) is 8.20. The number of carbonyl (C=O) groups is 2. The number of carboxylic acids is 1. The van der Waals surface area contributed by atoms with E-state index in [1.54, 1.807) is 12.1 Å². The number of aryl methyl sites for hydroxylation is 1. The van der Waals surface area contributed by atoms with Crippen molar-refractivity contribution in [3.63, 3.8) is 0 Å². The number of benzene rings is 1. The van der Waals surface area contributed by atoms with Gasteiger partial charge in [-0.25, -0.2) is 0 Å². The predicted molar refractivity (Wildman–Crippen MR) is 87.8 cm³/mol. The zero-order valence-corrected chi connectivity index (χ0v) is 13.9. The van der Waals surface area contributed by atoms with Crippen LogP contribution in [0.1, 0.15) is 37.7 Å². The fourth-order valence-corrected chi connectivity index (χ4v) is 2.88. The first kappa shape index (κ1) is 17.6. The molecule has 0 spiro atoms. The van der Waals surface area contributed by atoms with E-state index in [1.807, 2.05) is 13.0 Å². The van der Waals surface area contributed by atoms with Crippen molar-refractivity contribution >= 4 is 23.5 Å². The molecule has 126 valence electrons. The van der Waals surface area contributed by atoms with E-state index in [2.05, 4.69) is 5.32 Å². The topological polar surface area (TPSA) is 75.6 Å². The van der Waals surface area contributed by atoms with Gasteiger partial charge in [0.15, 0.2) is 0 Å². The molecule has 0 bridgehead atoms. The molecule has 6 heteroatoms. The lowest BCUT2D eigenvalue weighted by Gasteiger charge is -2.12. The van der Waals surface area contributed by atoms with Gasteiger partial charge < -0.3 is 15.2 Å². The number of rotatable bonds is 7. The predicted octanol–water partition coefficient (Wildman–Crippen LogP) is 3.18. The van der Waals surface area contributed by atoms with Gasteiger partial charge in [-0.3, -0.25) is 9.59 Å². The van der Waals surface area contributed by atoms with Crippen LogP contribution in [0.4, 0.5) is 0 Å². The minimum Gasteiger partial charge on any atom is -0.494 e. The highest BCUT2D eigenvalue weighted by molar-refractivity contribution is 6.31. The van der Waals surface area contributed by atoms with Crippen molar-refractivity contribution in [3.05, 3.63) is 28.8 Å². The number of ether oxygens (including phenoxy) is 1. The van der Waals surface area contributed by atoms with Gasteiger partial charge in [0.05, 0.1) is 12.5 Å². The van der Waals surface area contributed by atoms with Gasteiger partial charge in [0.2, 0.25) is 5.91 Å². The number of amides is 1. The normalized spacial score (nSPS) is 20.3. The summed E-state index contributed by atoms with van der Waals surface area (Å²) in [5.41, 5.74) is 0.955. The highest BCUT2D eigenvalue weighted by atomic mass is 35.5. The summed E-state index contributed by atoms with van der Waals surface area (Å²) < 4.78 is 5.59. The van der Waals surface area contributed by atoms with Crippen molar-refractivity contribution in [2.45, 2.75) is 45.1 Å². The molecule has 23 heavy (non-hydrogen) atoms. The Morgan fingerprint density at radius 1 is 1.39 bits per heavy atom. The molecule has 1 aliphatic carbocycles. The minimum atomic E-state index is -0.770. The first-order valence-electron chi connectivity index (χ1n) is 7.87. The van der Waals surface area contributed by atoms with E-state index in [0.29, 0.717) is 37.3 Å². The van der Waals surface area contributed by atoms with Gasteiger partial charge in [-0.1, -0.05) is 11.6 Å². The first-order valence-corrected chi connectivity index (χ1v) is 8.24. The van der Waals surface area contributed by atoms with Crippen LogP contribution in [0, 0.1) is 12.8 Å². The molecule has 1 fully saturated rings. The van der Waals surface area contributed by atoms with Crippen LogP contribution in [0.5, 0.6) is 5.75 Å². The summed E-state index contributed by atoms with van der Waals surface area (Å²) >= 11 is 5.95. The Bertz CT molecular complexity index is 576. The second-order valence-corrected chi connectivity index (χ2v) is 6.38. The second-order valence-electron chi connectivity index (χ2n) is 5.98. The number of halogens is 1. The SMILES string of the molecule is Cc1cc(OCCCC(=O)N[C@@H]2CC[C@H](C(=O)O)C2)ccc1Cl. The molecule has 1 saturated carbocycles. The van der Waals surface area contributed by atoms with Crippen LogP contribution in [0.3, 0.4) is 0 Å². The van der Waals surface area contributed by atoms with E-state index < -0.39 is 5.97 Å². The number of carbonyl (C=O) groups excluding carboxylic acids is 1. The molecule has 0 unspecified atom stereocenters. The van der Waals surface area contributed by atoms with Gasteiger partial charge in [0.1, 0.15) is 5.75 Å². The smallest absolute Gasteiger partial charge is 0.306 e. The summed E-state index contributed by atoms with van der Waals surface area (Å²) in [6.45, 7) is 2.37. The van der Waals surface area contributed by atoms with Crippen molar-refractivity contribution in [2.24, 2.45) is 5.92 Å². The largest absolute Gasteiger partial charge is 0.494 e. The van der Waals surface area contributed by atoms with Gasteiger partial charge in [-0.05, 0) is 56.4 Å². The Kier molecular flexibility index (Phi) is 6.28. The highest BCUT2D eigenvalue weighted by Gasteiger charge is 2.30. The van der Waals surface area contributed by atoms with Gasteiger partial charge in [-0.15, -0.1) is 0 Å². The quantitative estimate of drug-likeness (QED) is 0.748. The minimum absolute atomic E-state index is 0.0107. The summed E-state index contributed by atoms with van der Waals surface area (Å²) in [4.78, 5) is 22.7. The maximum atomic E-state index is 11.9. The third kappa shape index (κ3) is 5.43. The monoisotopic (exact) mass is 339 g/mol. The number of hydrogen-bond acceptors (Lipinski definition) is 3. The third-order valence-electron chi connectivity index (χ3n) is 4.09. The van der Waals surface area contributed by atoms with Crippen molar-refractivity contribution < 1.29 is 19.4 Å². The molecule has 0 radical (unpaired) electrons. The molecule has 5 nitrogen and oxygen atoms in total. The van der Waals surface area contributed by atoms with E-state index in [1.165, 1.54) is 0 Å². The van der Waals surface area contributed by atoms with E-state index in [-0.39, 0.29) is 17.9 Å². The Hall–Kier alpha value is -1.75. The lowest BCUT2D eigenvalue weighted by Crippen LogP contribution is -2.33. The van der Waals surface area contributed by atoms with Gasteiger partial charge in [0, 0.05) is 17.5 Å². The fourth-order valence-electron chi connectivity index (χ4n) is 2.77. The van der Waals surface area contributed by atoms with Crippen molar-refractivity contribution in [1.82, 2.24) is 5.32 Å². The third-order valence-corrected chi connectivity index (χ3v) is 4.52. The first-order chi connectivity index (χ1) is 11.0. The van der Waals surface area contributed by atoms with Crippen molar-refractivity contribution in [2.75, 3.05) is 6.61 Å². The average molecular weight is 340 g/mol. The van der Waals surface area contributed by atoms with Crippen molar-refractivity contribution in [1.29, 1.82) is 0 Å².